The van der Waals surface area contributed by atoms with Gasteiger partial charge in [-0.3, -0.25) is 0 Å². The molecule has 3 rings (SSSR count). The van der Waals surface area contributed by atoms with E-state index < -0.39 is 11.8 Å². The molecule has 0 spiro atoms. The van der Waals surface area contributed by atoms with Crippen LogP contribution in [-0.2, 0) is 19.6 Å². The van der Waals surface area contributed by atoms with Crippen molar-refractivity contribution in [1.29, 1.82) is 0 Å². The summed E-state index contributed by atoms with van der Waals surface area (Å²) in [7, 11) is 0. The standard InChI is InChI=1S/C23H24ClFN2O2/c1-14-7-4-5-8-17(14)11-26-12-18-15(2)27(16(3)22(18)23(28)29)13-19-20(24)9-6-10-21(19)25/h4-10,26H,11-13H2,1-3H3,(H,28,29). The lowest BCUT2D eigenvalue weighted by molar-refractivity contribution is 0.0694. The normalized spacial score (nSPS) is 11.1. The third-order valence-electron chi connectivity index (χ3n) is 5.38. The molecular weight excluding hydrogens is 391 g/mol. The lowest BCUT2D eigenvalue weighted by Crippen LogP contribution is -2.16. The van der Waals surface area contributed by atoms with Crippen molar-refractivity contribution in [3.63, 3.8) is 0 Å². The first-order chi connectivity index (χ1) is 13.8. The van der Waals surface area contributed by atoms with Crippen molar-refractivity contribution in [2.45, 2.75) is 40.4 Å². The first-order valence-electron chi connectivity index (χ1n) is 9.41. The molecular formula is C23H24ClFN2O2. The number of carbonyl (C=O) groups is 1. The van der Waals surface area contributed by atoms with E-state index in [1.54, 1.807) is 19.1 Å². The Morgan fingerprint density at radius 3 is 2.41 bits per heavy atom. The van der Waals surface area contributed by atoms with Gasteiger partial charge in [0.05, 0.1) is 12.1 Å². The van der Waals surface area contributed by atoms with Crippen LogP contribution in [0.2, 0.25) is 5.02 Å². The number of carboxylic acids is 1. The molecule has 0 amide bonds. The van der Waals surface area contributed by atoms with E-state index in [0.29, 0.717) is 34.9 Å². The molecule has 0 aliphatic rings. The van der Waals surface area contributed by atoms with Gasteiger partial charge in [-0.15, -0.1) is 0 Å². The van der Waals surface area contributed by atoms with E-state index in [-0.39, 0.29) is 12.1 Å². The van der Waals surface area contributed by atoms with Gasteiger partial charge in [0.2, 0.25) is 0 Å². The number of carboxylic acid groups (broad SMARTS) is 1. The Bertz CT molecular complexity index is 1040. The van der Waals surface area contributed by atoms with E-state index in [1.807, 2.05) is 42.7 Å². The van der Waals surface area contributed by atoms with Gasteiger partial charge in [-0.25, -0.2) is 9.18 Å². The topological polar surface area (TPSA) is 54.3 Å². The predicted molar refractivity (Wildman–Crippen MR) is 113 cm³/mol. The summed E-state index contributed by atoms with van der Waals surface area (Å²) in [5.74, 6) is -1.39. The van der Waals surface area contributed by atoms with Gasteiger partial charge in [0.15, 0.2) is 0 Å². The number of benzene rings is 2. The minimum Gasteiger partial charge on any atom is -0.478 e. The van der Waals surface area contributed by atoms with Gasteiger partial charge in [-0.1, -0.05) is 41.9 Å². The summed E-state index contributed by atoms with van der Waals surface area (Å²) in [6.45, 7) is 6.87. The van der Waals surface area contributed by atoms with Crippen molar-refractivity contribution >= 4 is 17.6 Å². The Kier molecular flexibility index (Phi) is 6.40. The SMILES string of the molecule is Cc1ccccc1CNCc1c(C(=O)O)c(C)n(Cc2c(F)cccc2Cl)c1C. The monoisotopic (exact) mass is 414 g/mol. The number of rotatable bonds is 7. The summed E-state index contributed by atoms with van der Waals surface area (Å²) in [5, 5.41) is 13.5. The number of hydrogen-bond acceptors (Lipinski definition) is 2. The summed E-state index contributed by atoms with van der Waals surface area (Å²) in [6, 6.07) is 12.6. The fourth-order valence-electron chi connectivity index (χ4n) is 3.66. The number of hydrogen-bond donors (Lipinski definition) is 2. The molecule has 0 fully saturated rings. The Labute approximate surface area is 174 Å². The highest BCUT2D eigenvalue weighted by atomic mass is 35.5. The maximum absolute atomic E-state index is 14.3. The minimum atomic E-state index is -0.989. The van der Waals surface area contributed by atoms with Crippen molar-refractivity contribution in [3.8, 4) is 0 Å². The molecule has 0 radical (unpaired) electrons. The average Bonchev–Trinajstić information content (AvgIpc) is 2.90. The molecule has 0 bridgehead atoms. The minimum absolute atomic E-state index is 0.182. The van der Waals surface area contributed by atoms with Gasteiger partial charge >= 0.3 is 5.97 Å². The molecule has 2 N–H and O–H groups in total. The molecule has 0 saturated heterocycles. The van der Waals surface area contributed by atoms with E-state index in [4.69, 9.17) is 11.6 Å². The van der Waals surface area contributed by atoms with E-state index >= 15 is 0 Å². The van der Waals surface area contributed by atoms with Gasteiger partial charge in [-0.2, -0.15) is 0 Å². The number of nitrogens with zero attached hydrogens (tertiary/aromatic N) is 1. The lowest BCUT2D eigenvalue weighted by atomic mass is 10.1. The van der Waals surface area contributed by atoms with Gasteiger partial charge in [0.1, 0.15) is 5.82 Å². The highest BCUT2D eigenvalue weighted by Gasteiger charge is 2.23. The Balaban J connectivity index is 1.90. The third kappa shape index (κ3) is 4.36. The summed E-state index contributed by atoms with van der Waals surface area (Å²) in [6.07, 6.45) is 0. The molecule has 1 heterocycles. The van der Waals surface area contributed by atoms with Crippen LogP contribution < -0.4 is 5.32 Å². The Morgan fingerprint density at radius 2 is 1.76 bits per heavy atom. The molecule has 6 heteroatoms. The Morgan fingerprint density at radius 1 is 1.03 bits per heavy atom. The van der Waals surface area contributed by atoms with Crippen molar-refractivity contribution in [1.82, 2.24) is 9.88 Å². The van der Waals surface area contributed by atoms with Crippen LogP contribution in [0.15, 0.2) is 42.5 Å². The van der Waals surface area contributed by atoms with E-state index in [2.05, 4.69) is 5.32 Å². The van der Waals surface area contributed by atoms with Crippen molar-refractivity contribution in [2.75, 3.05) is 0 Å². The molecule has 3 aromatic rings. The van der Waals surface area contributed by atoms with Crippen LogP contribution in [0.5, 0.6) is 0 Å². The van der Waals surface area contributed by atoms with Crippen molar-refractivity contribution < 1.29 is 14.3 Å². The highest BCUT2D eigenvalue weighted by Crippen LogP contribution is 2.27. The first kappa shape index (κ1) is 21.1. The average molecular weight is 415 g/mol. The van der Waals surface area contributed by atoms with Crippen LogP contribution in [0.4, 0.5) is 4.39 Å². The number of aromatic nitrogens is 1. The van der Waals surface area contributed by atoms with Crippen LogP contribution in [-0.4, -0.2) is 15.6 Å². The van der Waals surface area contributed by atoms with Crippen LogP contribution in [0.25, 0.3) is 0 Å². The summed E-state index contributed by atoms with van der Waals surface area (Å²) in [4.78, 5) is 11.9. The van der Waals surface area contributed by atoms with Gasteiger partial charge < -0.3 is 15.0 Å². The van der Waals surface area contributed by atoms with Crippen LogP contribution in [0, 0.1) is 26.6 Å². The number of nitrogens with one attached hydrogen (secondary N) is 1. The molecule has 0 unspecified atom stereocenters. The summed E-state index contributed by atoms with van der Waals surface area (Å²) in [5.41, 5.74) is 5.03. The quantitative estimate of drug-likeness (QED) is 0.555. The first-order valence-corrected chi connectivity index (χ1v) is 9.79. The molecule has 4 nitrogen and oxygen atoms in total. The largest absolute Gasteiger partial charge is 0.478 e. The molecule has 0 saturated carbocycles. The number of aromatic carboxylic acids is 1. The lowest BCUT2D eigenvalue weighted by Gasteiger charge is -2.12. The molecule has 0 atom stereocenters. The zero-order valence-corrected chi connectivity index (χ0v) is 17.5. The zero-order valence-electron chi connectivity index (χ0n) is 16.7. The third-order valence-corrected chi connectivity index (χ3v) is 5.73. The maximum Gasteiger partial charge on any atom is 0.337 e. The summed E-state index contributed by atoms with van der Waals surface area (Å²) >= 11 is 6.18. The number of aryl methyl sites for hydroxylation is 1. The van der Waals surface area contributed by atoms with Crippen molar-refractivity contribution in [2.24, 2.45) is 0 Å². The van der Waals surface area contributed by atoms with Crippen LogP contribution in [0.1, 0.15) is 44.0 Å². The molecule has 2 aromatic carbocycles. The van der Waals surface area contributed by atoms with E-state index in [1.165, 1.54) is 11.6 Å². The summed E-state index contributed by atoms with van der Waals surface area (Å²) < 4.78 is 16.1. The predicted octanol–water partition coefficient (Wildman–Crippen LogP) is 5.24. The molecule has 0 aliphatic heterocycles. The fourth-order valence-corrected chi connectivity index (χ4v) is 3.88. The van der Waals surface area contributed by atoms with E-state index in [9.17, 15) is 14.3 Å². The molecule has 152 valence electrons. The second-order valence-corrected chi connectivity index (χ2v) is 7.55. The Hall–Kier alpha value is -2.63. The van der Waals surface area contributed by atoms with E-state index in [0.717, 1.165) is 11.3 Å². The molecule has 0 aliphatic carbocycles. The van der Waals surface area contributed by atoms with Gasteiger partial charge in [0.25, 0.3) is 0 Å². The zero-order chi connectivity index (χ0) is 21.1. The number of halogens is 2. The van der Waals surface area contributed by atoms with Crippen molar-refractivity contribution in [3.05, 3.63) is 92.5 Å². The van der Waals surface area contributed by atoms with Gasteiger partial charge in [-0.05, 0) is 44.0 Å². The second-order valence-electron chi connectivity index (χ2n) is 7.15. The highest BCUT2D eigenvalue weighted by molar-refractivity contribution is 6.31. The van der Waals surface area contributed by atoms with Gasteiger partial charge in [0, 0.05) is 40.6 Å². The van der Waals surface area contributed by atoms with Crippen LogP contribution >= 0.6 is 11.6 Å². The van der Waals surface area contributed by atoms with Crippen LogP contribution in [0.3, 0.4) is 0 Å². The molecule has 29 heavy (non-hydrogen) atoms. The molecule has 1 aromatic heterocycles. The fraction of sp³-hybridized carbons (Fsp3) is 0.261. The maximum atomic E-state index is 14.3. The second kappa shape index (κ2) is 8.80. The smallest absolute Gasteiger partial charge is 0.337 e.